The molecule has 0 saturated carbocycles. The van der Waals surface area contributed by atoms with E-state index in [-0.39, 0.29) is 11.8 Å². The minimum atomic E-state index is -0.255. The fraction of sp³-hybridized carbons (Fsp3) is 0.533. The van der Waals surface area contributed by atoms with Crippen molar-refractivity contribution in [2.24, 2.45) is 5.92 Å². The average molecular weight is 264 g/mol. The highest BCUT2D eigenvalue weighted by molar-refractivity contribution is 5.74. The quantitative estimate of drug-likeness (QED) is 0.805. The Hall–Kier alpha value is -1.58. The second-order valence-electron chi connectivity index (χ2n) is 5.42. The van der Waals surface area contributed by atoms with Crippen LogP contribution in [-0.2, 0) is 6.54 Å². The molecule has 1 saturated heterocycles. The molecule has 1 unspecified atom stereocenters. The van der Waals surface area contributed by atoms with Crippen molar-refractivity contribution in [3.63, 3.8) is 0 Å². The summed E-state index contributed by atoms with van der Waals surface area (Å²) >= 11 is 0. The van der Waals surface area contributed by atoms with Gasteiger partial charge in [0.1, 0.15) is 5.82 Å². The Labute approximate surface area is 114 Å². The molecule has 104 valence electrons. The predicted molar refractivity (Wildman–Crippen MR) is 73.2 cm³/mol. The molecular weight excluding hydrogens is 243 g/mol. The van der Waals surface area contributed by atoms with Gasteiger partial charge in [0.15, 0.2) is 0 Å². The van der Waals surface area contributed by atoms with Gasteiger partial charge in [0.05, 0.1) is 0 Å². The van der Waals surface area contributed by atoms with E-state index in [1.54, 1.807) is 30.1 Å². The average Bonchev–Trinajstić information content (AvgIpc) is 2.40. The van der Waals surface area contributed by atoms with Crippen molar-refractivity contribution in [2.75, 3.05) is 20.1 Å². The summed E-state index contributed by atoms with van der Waals surface area (Å²) in [4.78, 5) is 15.8. The number of hydrogen-bond donors (Lipinski definition) is 0. The van der Waals surface area contributed by atoms with Crippen LogP contribution in [0.4, 0.5) is 9.18 Å². The molecule has 19 heavy (non-hydrogen) atoms. The second kappa shape index (κ2) is 6.04. The molecule has 2 amide bonds. The van der Waals surface area contributed by atoms with Crippen molar-refractivity contribution in [3.8, 4) is 0 Å². The van der Waals surface area contributed by atoms with Crippen molar-refractivity contribution in [1.82, 2.24) is 9.80 Å². The van der Waals surface area contributed by atoms with E-state index >= 15 is 0 Å². The SMILES string of the molecule is CC1CCCN(C(=O)N(C)Cc2ccccc2F)C1. The molecule has 0 aromatic heterocycles. The molecule has 0 radical (unpaired) electrons. The first kappa shape index (κ1) is 13.8. The number of carbonyl (C=O) groups is 1. The summed E-state index contributed by atoms with van der Waals surface area (Å²) in [6, 6.07) is 6.59. The zero-order valence-electron chi connectivity index (χ0n) is 11.6. The maximum Gasteiger partial charge on any atom is 0.320 e. The molecule has 2 rings (SSSR count). The molecule has 1 atom stereocenters. The maximum atomic E-state index is 13.6. The number of piperidine rings is 1. The van der Waals surface area contributed by atoms with E-state index in [4.69, 9.17) is 0 Å². The minimum Gasteiger partial charge on any atom is -0.324 e. The van der Waals surface area contributed by atoms with E-state index in [1.165, 1.54) is 12.5 Å². The Balaban J connectivity index is 1.97. The van der Waals surface area contributed by atoms with Crippen molar-refractivity contribution in [3.05, 3.63) is 35.6 Å². The highest BCUT2D eigenvalue weighted by atomic mass is 19.1. The summed E-state index contributed by atoms with van der Waals surface area (Å²) in [5.41, 5.74) is 0.559. The summed E-state index contributed by atoms with van der Waals surface area (Å²) < 4.78 is 13.6. The van der Waals surface area contributed by atoms with Gasteiger partial charge in [-0.05, 0) is 24.8 Å². The molecule has 0 N–H and O–H groups in total. The van der Waals surface area contributed by atoms with Crippen LogP contribution in [0.2, 0.25) is 0 Å². The lowest BCUT2D eigenvalue weighted by atomic mass is 10.0. The number of urea groups is 1. The number of likely N-dealkylation sites (tertiary alicyclic amines) is 1. The Morgan fingerprint density at radius 3 is 2.89 bits per heavy atom. The standard InChI is InChI=1S/C15H21FN2O/c1-12-6-5-9-18(10-12)15(19)17(2)11-13-7-3-4-8-14(13)16/h3-4,7-8,12H,5-6,9-11H2,1-2H3. The molecular formula is C15H21FN2O. The first-order valence-electron chi connectivity index (χ1n) is 6.81. The van der Waals surface area contributed by atoms with E-state index in [0.717, 1.165) is 19.5 Å². The zero-order valence-corrected chi connectivity index (χ0v) is 11.6. The fourth-order valence-electron chi connectivity index (χ4n) is 2.55. The van der Waals surface area contributed by atoms with E-state index in [0.29, 0.717) is 18.0 Å². The number of hydrogen-bond acceptors (Lipinski definition) is 1. The van der Waals surface area contributed by atoms with Crippen molar-refractivity contribution in [2.45, 2.75) is 26.3 Å². The predicted octanol–water partition coefficient (Wildman–Crippen LogP) is 3.11. The molecule has 1 heterocycles. The highest BCUT2D eigenvalue weighted by Crippen LogP contribution is 2.17. The van der Waals surface area contributed by atoms with Crippen LogP contribution in [0, 0.1) is 11.7 Å². The smallest absolute Gasteiger partial charge is 0.320 e. The van der Waals surface area contributed by atoms with Gasteiger partial charge in [-0.15, -0.1) is 0 Å². The van der Waals surface area contributed by atoms with E-state index in [9.17, 15) is 9.18 Å². The van der Waals surface area contributed by atoms with E-state index < -0.39 is 0 Å². The van der Waals surface area contributed by atoms with Crippen molar-refractivity contribution in [1.29, 1.82) is 0 Å². The largest absolute Gasteiger partial charge is 0.324 e. The lowest BCUT2D eigenvalue weighted by Gasteiger charge is -2.34. The van der Waals surface area contributed by atoms with Gasteiger partial charge in [-0.25, -0.2) is 9.18 Å². The number of halogens is 1. The van der Waals surface area contributed by atoms with Crippen LogP contribution in [0.3, 0.4) is 0 Å². The van der Waals surface area contributed by atoms with Gasteiger partial charge in [-0.2, -0.15) is 0 Å². The molecule has 0 aliphatic carbocycles. The molecule has 1 aliphatic heterocycles. The number of amides is 2. The van der Waals surface area contributed by atoms with Gasteiger partial charge in [0.2, 0.25) is 0 Å². The van der Waals surface area contributed by atoms with E-state index in [1.807, 2.05) is 4.90 Å². The molecule has 3 nitrogen and oxygen atoms in total. The van der Waals surface area contributed by atoms with Crippen LogP contribution in [0.25, 0.3) is 0 Å². The molecule has 1 aromatic rings. The van der Waals surface area contributed by atoms with Gasteiger partial charge < -0.3 is 9.80 Å². The number of nitrogens with zero attached hydrogens (tertiary/aromatic N) is 2. The Morgan fingerprint density at radius 1 is 1.47 bits per heavy atom. The third kappa shape index (κ3) is 3.46. The molecule has 4 heteroatoms. The van der Waals surface area contributed by atoms with Gasteiger partial charge in [0, 0.05) is 32.2 Å². The molecule has 0 spiro atoms. The van der Waals surface area contributed by atoms with Crippen LogP contribution in [0.1, 0.15) is 25.3 Å². The monoisotopic (exact) mass is 264 g/mol. The Morgan fingerprint density at radius 2 is 2.21 bits per heavy atom. The molecule has 1 fully saturated rings. The first-order chi connectivity index (χ1) is 9.08. The lowest BCUT2D eigenvalue weighted by molar-refractivity contribution is 0.137. The molecule has 0 bridgehead atoms. The van der Waals surface area contributed by atoms with Crippen LogP contribution < -0.4 is 0 Å². The van der Waals surface area contributed by atoms with Gasteiger partial charge >= 0.3 is 6.03 Å². The summed E-state index contributed by atoms with van der Waals surface area (Å²) in [6.07, 6.45) is 2.24. The van der Waals surface area contributed by atoms with Crippen LogP contribution in [0.15, 0.2) is 24.3 Å². The summed E-state index contributed by atoms with van der Waals surface area (Å²) in [5, 5.41) is 0. The number of carbonyl (C=O) groups excluding carboxylic acids is 1. The summed E-state index contributed by atoms with van der Waals surface area (Å²) in [7, 11) is 1.73. The van der Waals surface area contributed by atoms with Gasteiger partial charge in [-0.3, -0.25) is 0 Å². The number of rotatable bonds is 2. The second-order valence-corrected chi connectivity index (χ2v) is 5.42. The first-order valence-corrected chi connectivity index (χ1v) is 6.81. The van der Waals surface area contributed by atoms with Crippen LogP contribution >= 0.6 is 0 Å². The lowest BCUT2D eigenvalue weighted by Crippen LogP contribution is -2.45. The maximum absolute atomic E-state index is 13.6. The summed E-state index contributed by atoms with van der Waals surface area (Å²) in [6.45, 7) is 4.10. The van der Waals surface area contributed by atoms with Crippen molar-refractivity contribution < 1.29 is 9.18 Å². The topological polar surface area (TPSA) is 23.6 Å². The van der Waals surface area contributed by atoms with Gasteiger partial charge in [0.25, 0.3) is 0 Å². The molecule has 1 aliphatic rings. The van der Waals surface area contributed by atoms with Gasteiger partial charge in [-0.1, -0.05) is 25.1 Å². The minimum absolute atomic E-state index is 0.00481. The third-order valence-electron chi connectivity index (χ3n) is 3.62. The highest BCUT2D eigenvalue weighted by Gasteiger charge is 2.23. The Bertz CT molecular complexity index is 450. The molecule has 1 aromatic carbocycles. The fourth-order valence-corrected chi connectivity index (χ4v) is 2.55. The summed E-state index contributed by atoms with van der Waals surface area (Å²) in [5.74, 6) is 0.300. The Kier molecular flexibility index (Phi) is 4.40. The zero-order chi connectivity index (χ0) is 13.8. The normalized spacial score (nSPS) is 19.3. The third-order valence-corrected chi connectivity index (χ3v) is 3.62. The van der Waals surface area contributed by atoms with Crippen molar-refractivity contribution >= 4 is 6.03 Å². The van der Waals surface area contributed by atoms with Crippen LogP contribution in [-0.4, -0.2) is 36.0 Å². The number of benzene rings is 1. The van der Waals surface area contributed by atoms with E-state index in [2.05, 4.69) is 6.92 Å². The van der Waals surface area contributed by atoms with Crippen LogP contribution in [0.5, 0.6) is 0 Å².